The van der Waals surface area contributed by atoms with E-state index in [2.05, 4.69) is 21.2 Å². The predicted molar refractivity (Wildman–Crippen MR) is 127 cm³/mol. The van der Waals surface area contributed by atoms with Crippen LogP contribution >= 0.6 is 34.7 Å². The summed E-state index contributed by atoms with van der Waals surface area (Å²) in [5.74, 6) is 0.703. The van der Waals surface area contributed by atoms with Gasteiger partial charge >= 0.3 is 0 Å². The lowest BCUT2D eigenvalue weighted by atomic mass is 10.1. The molecule has 0 spiro atoms. The SMILES string of the molecule is [C-]#[N+]c1c(N)nc(SCc2csc(-c3ccc(Cl)cc3)n2)c(C#N)c1N1CCNCC1. The normalized spacial score (nSPS) is 13.6. The van der Waals surface area contributed by atoms with E-state index in [1.165, 1.54) is 11.8 Å². The molecule has 3 aromatic rings. The van der Waals surface area contributed by atoms with Crippen LogP contribution < -0.4 is 16.0 Å². The van der Waals surface area contributed by atoms with Crippen LogP contribution in [0, 0.1) is 17.9 Å². The van der Waals surface area contributed by atoms with Gasteiger partial charge in [0.1, 0.15) is 21.9 Å². The van der Waals surface area contributed by atoms with Crippen molar-refractivity contribution in [1.82, 2.24) is 15.3 Å². The van der Waals surface area contributed by atoms with Crippen molar-refractivity contribution < 1.29 is 0 Å². The fourth-order valence-electron chi connectivity index (χ4n) is 3.31. The molecule has 1 aromatic carbocycles. The molecule has 1 fully saturated rings. The molecule has 3 heterocycles. The number of nitrogens with zero attached hydrogens (tertiary/aromatic N) is 5. The summed E-state index contributed by atoms with van der Waals surface area (Å²) in [6.07, 6.45) is 0. The Balaban J connectivity index is 1.60. The van der Waals surface area contributed by atoms with Crippen LogP contribution in [-0.2, 0) is 5.75 Å². The lowest BCUT2D eigenvalue weighted by Crippen LogP contribution is -2.44. The van der Waals surface area contributed by atoms with E-state index < -0.39 is 0 Å². The summed E-state index contributed by atoms with van der Waals surface area (Å²) >= 11 is 8.93. The van der Waals surface area contributed by atoms with Crippen molar-refractivity contribution in [2.75, 3.05) is 36.8 Å². The number of nitrogens with two attached hydrogens (primary N) is 1. The van der Waals surface area contributed by atoms with Crippen LogP contribution in [0.1, 0.15) is 11.3 Å². The van der Waals surface area contributed by atoms with Gasteiger partial charge in [0.2, 0.25) is 0 Å². The lowest BCUT2D eigenvalue weighted by Gasteiger charge is -2.31. The Morgan fingerprint density at radius 2 is 2.03 bits per heavy atom. The summed E-state index contributed by atoms with van der Waals surface area (Å²) in [5, 5.41) is 17.3. The van der Waals surface area contributed by atoms with E-state index >= 15 is 0 Å². The molecule has 156 valence electrons. The van der Waals surface area contributed by atoms with E-state index in [-0.39, 0.29) is 11.5 Å². The molecular formula is C21H18ClN7S2. The molecule has 1 saturated heterocycles. The van der Waals surface area contributed by atoms with E-state index in [0.717, 1.165) is 29.4 Å². The highest BCUT2D eigenvalue weighted by Crippen LogP contribution is 2.41. The Hall–Kier alpha value is -2.82. The number of anilines is 2. The Morgan fingerprint density at radius 3 is 2.71 bits per heavy atom. The van der Waals surface area contributed by atoms with E-state index in [1.54, 1.807) is 11.3 Å². The Labute approximate surface area is 193 Å². The first-order valence-corrected chi connectivity index (χ1v) is 11.7. The average molecular weight is 468 g/mol. The molecule has 0 bridgehead atoms. The van der Waals surface area contributed by atoms with Crippen LogP contribution in [0.2, 0.25) is 5.02 Å². The van der Waals surface area contributed by atoms with Gasteiger partial charge in [-0.25, -0.2) is 14.8 Å². The minimum Gasteiger partial charge on any atom is -0.392 e. The summed E-state index contributed by atoms with van der Waals surface area (Å²) in [5.41, 5.74) is 9.25. The number of benzene rings is 1. The Kier molecular flexibility index (Phi) is 6.59. The fraction of sp³-hybridized carbons (Fsp3) is 0.238. The maximum Gasteiger partial charge on any atom is 0.251 e. The summed E-state index contributed by atoms with van der Waals surface area (Å²) in [6, 6.07) is 9.83. The molecule has 0 amide bonds. The van der Waals surface area contributed by atoms with Gasteiger partial charge in [0.25, 0.3) is 5.69 Å². The molecule has 1 aliphatic heterocycles. The summed E-state index contributed by atoms with van der Waals surface area (Å²) in [4.78, 5) is 14.7. The zero-order valence-electron chi connectivity index (χ0n) is 16.4. The number of hydrogen-bond acceptors (Lipinski definition) is 8. The van der Waals surface area contributed by atoms with Gasteiger partial charge in [0.15, 0.2) is 0 Å². The van der Waals surface area contributed by atoms with Crippen molar-refractivity contribution in [3.8, 4) is 16.6 Å². The third-order valence-electron chi connectivity index (χ3n) is 4.80. The molecule has 0 aliphatic carbocycles. The van der Waals surface area contributed by atoms with Gasteiger partial charge in [-0.1, -0.05) is 35.5 Å². The van der Waals surface area contributed by atoms with Gasteiger partial charge < -0.3 is 16.0 Å². The van der Waals surface area contributed by atoms with Crippen LogP contribution in [0.5, 0.6) is 0 Å². The molecule has 0 radical (unpaired) electrons. The maximum atomic E-state index is 9.90. The van der Waals surface area contributed by atoms with E-state index in [4.69, 9.17) is 28.9 Å². The van der Waals surface area contributed by atoms with Crippen LogP contribution in [0.25, 0.3) is 15.4 Å². The highest BCUT2D eigenvalue weighted by Gasteiger charge is 2.25. The topological polar surface area (TPSA) is 95.2 Å². The third-order valence-corrected chi connectivity index (χ3v) is 7.00. The van der Waals surface area contributed by atoms with Crippen LogP contribution in [-0.4, -0.2) is 36.1 Å². The van der Waals surface area contributed by atoms with Crippen LogP contribution in [0.15, 0.2) is 34.7 Å². The third kappa shape index (κ3) is 4.60. The molecule has 7 nitrogen and oxygen atoms in total. The van der Waals surface area contributed by atoms with Crippen LogP contribution in [0.4, 0.5) is 17.2 Å². The van der Waals surface area contributed by atoms with E-state index in [1.807, 2.05) is 34.5 Å². The van der Waals surface area contributed by atoms with Gasteiger partial charge in [-0.05, 0) is 12.1 Å². The monoisotopic (exact) mass is 467 g/mol. The zero-order chi connectivity index (χ0) is 21.8. The molecule has 0 atom stereocenters. The molecule has 3 N–H and O–H groups in total. The van der Waals surface area contributed by atoms with Crippen molar-refractivity contribution in [3.05, 3.63) is 57.3 Å². The number of nitrogens with one attached hydrogen (secondary N) is 1. The Bertz CT molecular complexity index is 1170. The van der Waals surface area contributed by atoms with Gasteiger partial charge in [-0.15, -0.1) is 11.3 Å². The zero-order valence-corrected chi connectivity index (χ0v) is 18.8. The van der Waals surface area contributed by atoms with Crippen molar-refractivity contribution in [2.45, 2.75) is 10.8 Å². The number of halogens is 1. The van der Waals surface area contributed by atoms with Crippen LogP contribution in [0.3, 0.4) is 0 Å². The minimum absolute atomic E-state index is 0.158. The number of nitrogen functional groups attached to an aromatic ring is 1. The molecule has 2 aromatic heterocycles. The number of aromatic nitrogens is 2. The quantitative estimate of drug-likeness (QED) is 0.419. The molecule has 31 heavy (non-hydrogen) atoms. The molecular weight excluding hydrogens is 450 g/mol. The predicted octanol–water partition coefficient (Wildman–Crippen LogP) is 4.57. The number of nitriles is 1. The first-order valence-electron chi connectivity index (χ1n) is 9.50. The van der Waals surface area contributed by atoms with Gasteiger partial charge in [0.05, 0.1) is 23.5 Å². The number of piperazine rings is 1. The first kappa shape index (κ1) is 21.4. The van der Waals surface area contributed by atoms with Crippen molar-refractivity contribution >= 4 is 51.9 Å². The summed E-state index contributed by atoms with van der Waals surface area (Å²) in [7, 11) is 0. The Morgan fingerprint density at radius 1 is 1.29 bits per heavy atom. The lowest BCUT2D eigenvalue weighted by molar-refractivity contribution is 0.589. The second kappa shape index (κ2) is 9.54. The second-order valence-corrected chi connectivity index (χ2v) is 9.03. The highest BCUT2D eigenvalue weighted by atomic mass is 35.5. The molecule has 0 unspecified atom stereocenters. The maximum absolute atomic E-state index is 9.90. The number of pyridine rings is 1. The largest absolute Gasteiger partial charge is 0.392 e. The molecule has 0 saturated carbocycles. The summed E-state index contributed by atoms with van der Waals surface area (Å²) in [6.45, 7) is 10.6. The van der Waals surface area contributed by atoms with Crippen molar-refractivity contribution in [3.63, 3.8) is 0 Å². The molecule has 1 aliphatic rings. The minimum atomic E-state index is 0.158. The number of hydrogen-bond donors (Lipinski definition) is 2. The number of rotatable bonds is 5. The molecule has 10 heteroatoms. The summed E-state index contributed by atoms with van der Waals surface area (Å²) < 4.78 is 0. The van der Waals surface area contributed by atoms with Gasteiger partial charge in [-0.3, -0.25) is 0 Å². The highest BCUT2D eigenvalue weighted by molar-refractivity contribution is 7.98. The van der Waals surface area contributed by atoms with Gasteiger partial charge in [0, 0.05) is 47.9 Å². The van der Waals surface area contributed by atoms with E-state index in [0.29, 0.717) is 40.1 Å². The fourth-order valence-corrected chi connectivity index (χ4v) is 5.25. The second-order valence-electron chi connectivity index (χ2n) is 6.77. The number of thiazole rings is 1. The smallest absolute Gasteiger partial charge is 0.251 e. The first-order chi connectivity index (χ1) is 15.1. The number of thioether (sulfide) groups is 1. The van der Waals surface area contributed by atoms with Crippen molar-refractivity contribution in [2.24, 2.45) is 0 Å². The van der Waals surface area contributed by atoms with E-state index in [9.17, 15) is 5.26 Å². The van der Waals surface area contributed by atoms with Gasteiger partial charge in [-0.2, -0.15) is 5.26 Å². The standard InChI is InChI=1S/C21H18ClN7S2/c1-25-17-18(29-8-6-26-7-9-29)16(10-23)21(28-19(17)24)31-12-15-11-30-20(27-15)13-2-4-14(22)5-3-13/h2-5,11,26H,6-9,12H2,(H2,24,28). The van der Waals surface area contributed by atoms with Crippen molar-refractivity contribution in [1.29, 1.82) is 5.26 Å². The average Bonchev–Trinajstić information content (AvgIpc) is 3.27. The molecule has 4 rings (SSSR count).